The molecular formula is C13H10N2O2S2. The van der Waals surface area contributed by atoms with Gasteiger partial charge in [0.05, 0.1) is 4.90 Å². The van der Waals surface area contributed by atoms with Crippen LogP contribution < -0.4 is 0 Å². The summed E-state index contributed by atoms with van der Waals surface area (Å²) < 4.78 is 23.4. The number of hydrogen-bond donors (Lipinski definition) is 0. The molecule has 19 heavy (non-hydrogen) atoms. The van der Waals surface area contributed by atoms with Gasteiger partial charge in [0.2, 0.25) is 0 Å². The maximum absolute atomic E-state index is 11.7. The molecule has 2 rings (SSSR count). The molecule has 0 radical (unpaired) electrons. The summed E-state index contributed by atoms with van der Waals surface area (Å²) in [4.78, 5) is 4.99. The summed E-state index contributed by atoms with van der Waals surface area (Å²) in [6, 6.07) is 13.8. The maximum atomic E-state index is 11.7. The number of sulfone groups is 1. The number of benzene rings is 1. The highest BCUT2D eigenvalue weighted by molar-refractivity contribution is 8.00. The Balaban J connectivity index is 2.42. The fourth-order valence-corrected chi connectivity index (χ4v) is 3.66. The van der Waals surface area contributed by atoms with Crippen LogP contribution >= 0.6 is 11.8 Å². The summed E-state index contributed by atoms with van der Waals surface area (Å²) in [5.74, 6) is 0. The minimum Gasteiger partial charge on any atom is -0.230 e. The minimum atomic E-state index is -3.28. The van der Waals surface area contributed by atoms with Crippen LogP contribution in [-0.4, -0.2) is 19.7 Å². The molecule has 0 saturated heterocycles. The second kappa shape index (κ2) is 5.43. The Morgan fingerprint density at radius 2 is 1.89 bits per heavy atom. The highest BCUT2D eigenvalue weighted by atomic mass is 32.2. The number of nitrogens with zero attached hydrogens (tertiary/aromatic N) is 2. The largest absolute Gasteiger partial charge is 0.230 e. The van der Waals surface area contributed by atoms with Gasteiger partial charge in [0.25, 0.3) is 0 Å². The summed E-state index contributed by atoms with van der Waals surface area (Å²) in [7, 11) is -3.28. The van der Waals surface area contributed by atoms with Crippen molar-refractivity contribution in [2.75, 3.05) is 6.26 Å². The van der Waals surface area contributed by atoms with Gasteiger partial charge >= 0.3 is 0 Å². The molecule has 1 heterocycles. The van der Waals surface area contributed by atoms with Gasteiger partial charge in [-0.2, -0.15) is 5.26 Å². The van der Waals surface area contributed by atoms with Crippen molar-refractivity contribution in [1.82, 2.24) is 4.98 Å². The smallest absolute Gasteiger partial charge is 0.176 e. The fraction of sp³-hybridized carbons (Fsp3) is 0.0769. The molecule has 0 N–H and O–H groups in total. The Bertz CT molecular complexity index is 749. The van der Waals surface area contributed by atoms with Crippen LogP contribution in [0, 0.1) is 11.3 Å². The molecular weight excluding hydrogens is 280 g/mol. The van der Waals surface area contributed by atoms with Crippen LogP contribution in [0.3, 0.4) is 0 Å². The van der Waals surface area contributed by atoms with Crippen molar-refractivity contribution in [3.8, 4) is 6.07 Å². The van der Waals surface area contributed by atoms with Gasteiger partial charge in [0, 0.05) is 11.2 Å². The van der Waals surface area contributed by atoms with Gasteiger partial charge in [0.1, 0.15) is 16.8 Å². The first-order valence-corrected chi connectivity index (χ1v) is 8.05. The second-order valence-electron chi connectivity index (χ2n) is 3.79. The minimum absolute atomic E-state index is 0.268. The first-order valence-electron chi connectivity index (χ1n) is 5.35. The predicted molar refractivity (Wildman–Crippen MR) is 72.6 cm³/mol. The molecule has 0 aliphatic carbocycles. The monoisotopic (exact) mass is 290 g/mol. The number of hydrogen-bond acceptors (Lipinski definition) is 5. The van der Waals surface area contributed by atoms with Crippen LogP contribution in [0.25, 0.3) is 0 Å². The van der Waals surface area contributed by atoms with Crippen LogP contribution in [0.5, 0.6) is 0 Å². The zero-order chi connectivity index (χ0) is 13.9. The van der Waals surface area contributed by atoms with Gasteiger partial charge in [-0.05, 0) is 24.3 Å². The Morgan fingerprint density at radius 1 is 1.16 bits per heavy atom. The maximum Gasteiger partial charge on any atom is 0.176 e. The lowest BCUT2D eigenvalue weighted by molar-refractivity contribution is 0.600. The normalized spacial score (nSPS) is 10.9. The third kappa shape index (κ3) is 3.34. The molecule has 1 aromatic heterocycles. The van der Waals surface area contributed by atoms with Gasteiger partial charge < -0.3 is 0 Å². The quantitative estimate of drug-likeness (QED) is 0.868. The van der Waals surface area contributed by atoms with Crippen molar-refractivity contribution in [3.63, 3.8) is 0 Å². The van der Waals surface area contributed by atoms with E-state index in [-0.39, 0.29) is 4.90 Å². The lowest BCUT2D eigenvalue weighted by atomic mass is 10.4. The van der Waals surface area contributed by atoms with Gasteiger partial charge in [0.15, 0.2) is 9.84 Å². The van der Waals surface area contributed by atoms with Gasteiger partial charge in [-0.25, -0.2) is 13.4 Å². The molecule has 2 aromatic rings. The molecule has 6 heteroatoms. The van der Waals surface area contributed by atoms with Gasteiger partial charge in [-0.3, -0.25) is 0 Å². The molecule has 96 valence electrons. The Morgan fingerprint density at radius 3 is 2.58 bits per heavy atom. The number of aromatic nitrogens is 1. The van der Waals surface area contributed by atoms with Crippen molar-refractivity contribution in [3.05, 3.63) is 48.2 Å². The van der Waals surface area contributed by atoms with Crippen LogP contribution in [0.4, 0.5) is 0 Å². The van der Waals surface area contributed by atoms with E-state index in [1.165, 1.54) is 18.0 Å². The summed E-state index contributed by atoms with van der Waals surface area (Å²) in [5, 5.41) is 9.39. The molecule has 4 nitrogen and oxygen atoms in total. The SMILES string of the molecule is CS(=O)(=O)c1ccccc1Sc1cccc(C#N)n1. The van der Waals surface area contributed by atoms with E-state index in [9.17, 15) is 8.42 Å². The highest BCUT2D eigenvalue weighted by Crippen LogP contribution is 2.31. The highest BCUT2D eigenvalue weighted by Gasteiger charge is 2.13. The zero-order valence-corrected chi connectivity index (χ0v) is 11.7. The van der Waals surface area contributed by atoms with Crippen molar-refractivity contribution < 1.29 is 8.42 Å². The molecule has 0 atom stereocenters. The fourth-order valence-electron chi connectivity index (χ4n) is 1.49. The molecule has 0 amide bonds. The number of rotatable bonds is 3. The molecule has 1 aromatic carbocycles. The topological polar surface area (TPSA) is 70.8 Å². The van der Waals surface area contributed by atoms with Crippen LogP contribution in [0.2, 0.25) is 0 Å². The van der Waals surface area contributed by atoms with Crippen molar-refractivity contribution in [2.24, 2.45) is 0 Å². The number of nitriles is 1. The molecule has 0 aliphatic rings. The number of pyridine rings is 1. The van der Waals surface area contributed by atoms with Crippen molar-refractivity contribution >= 4 is 21.6 Å². The third-order valence-corrected chi connectivity index (χ3v) is 4.60. The molecule has 0 spiro atoms. The lowest BCUT2D eigenvalue weighted by Crippen LogP contribution is -1.99. The standard InChI is InChI=1S/C13H10N2O2S2/c1-19(16,17)12-7-3-2-6-11(12)18-13-8-4-5-10(9-14)15-13/h2-8H,1H3. The molecule has 0 bridgehead atoms. The lowest BCUT2D eigenvalue weighted by Gasteiger charge is -2.06. The average molecular weight is 290 g/mol. The van der Waals surface area contributed by atoms with Crippen LogP contribution in [-0.2, 0) is 9.84 Å². The molecule has 0 aliphatic heterocycles. The molecule has 0 saturated carbocycles. The summed E-state index contributed by atoms with van der Waals surface area (Å²) in [5.41, 5.74) is 0.307. The summed E-state index contributed by atoms with van der Waals surface area (Å²) in [6.07, 6.45) is 1.17. The Hall–Kier alpha value is -1.84. The van der Waals surface area contributed by atoms with E-state index in [4.69, 9.17) is 5.26 Å². The van der Waals surface area contributed by atoms with Crippen LogP contribution in [0.15, 0.2) is 57.3 Å². The van der Waals surface area contributed by atoms with E-state index in [2.05, 4.69) is 4.98 Å². The first-order chi connectivity index (χ1) is 9.00. The van der Waals surface area contributed by atoms with Gasteiger partial charge in [-0.15, -0.1) is 0 Å². The molecule has 0 fully saturated rings. The van der Waals surface area contributed by atoms with E-state index < -0.39 is 9.84 Å². The van der Waals surface area contributed by atoms with E-state index in [1.807, 2.05) is 6.07 Å². The Kier molecular flexibility index (Phi) is 3.88. The van der Waals surface area contributed by atoms with Gasteiger partial charge in [-0.1, -0.05) is 30.0 Å². The van der Waals surface area contributed by atoms with Crippen molar-refractivity contribution in [1.29, 1.82) is 5.26 Å². The van der Waals surface area contributed by atoms with E-state index in [1.54, 1.807) is 42.5 Å². The van der Waals surface area contributed by atoms with E-state index in [0.717, 1.165) is 0 Å². The van der Waals surface area contributed by atoms with E-state index >= 15 is 0 Å². The van der Waals surface area contributed by atoms with E-state index in [0.29, 0.717) is 15.6 Å². The second-order valence-corrected chi connectivity index (χ2v) is 6.84. The first kappa shape index (κ1) is 13.6. The van der Waals surface area contributed by atoms with Crippen molar-refractivity contribution in [2.45, 2.75) is 14.8 Å². The predicted octanol–water partition coefficient (Wildman–Crippen LogP) is 2.51. The zero-order valence-electron chi connectivity index (χ0n) is 10.1. The molecule has 0 unspecified atom stereocenters. The Labute approximate surface area is 116 Å². The average Bonchev–Trinajstić information content (AvgIpc) is 2.38. The summed E-state index contributed by atoms with van der Waals surface area (Å²) >= 11 is 1.23. The summed E-state index contributed by atoms with van der Waals surface area (Å²) in [6.45, 7) is 0. The third-order valence-electron chi connectivity index (χ3n) is 2.30. The van der Waals surface area contributed by atoms with Crippen LogP contribution in [0.1, 0.15) is 5.69 Å².